The van der Waals surface area contributed by atoms with E-state index in [2.05, 4.69) is 24.1 Å². The molecule has 0 atom stereocenters. The van der Waals surface area contributed by atoms with Gasteiger partial charge in [-0.1, -0.05) is 13.8 Å². The van der Waals surface area contributed by atoms with Crippen molar-refractivity contribution in [3.8, 4) is 0 Å². The second-order valence-electron chi connectivity index (χ2n) is 5.63. The zero-order valence-corrected chi connectivity index (χ0v) is 12.5. The van der Waals surface area contributed by atoms with Crippen LogP contribution in [0, 0.1) is 0 Å². The fraction of sp³-hybridized carbons (Fsp3) is 0.571. The standard InChI is InChI=1S/C14H19N3O2S/c1-8(2)11-7-10-12(20-11)16-14(19)17(13(10)18)9-3-5-15-6-4-9/h7-9,15H,3-6H2,1-2H3,(H,16,19). The highest BCUT2D eigenvalue weighted by molar-refractivity contribution is 7.18. The van der Waals surface area contributed by atoms with E-state index in [9.17, 15) is 9.59 Å². The van der Waals surface area contributed by atoms with Crippen molar-refractivity contribution in [2.45, 2.75) is 38.6 Å². The van der Waals surface area contributed by atoms with Gasteiger partial charge >= 0.3 is 5.69 Å². The molecule has 6 heteroatoms. The second-order valence-corrected chi connectivity index (χ2v) is 6.72. The summed E-state index contributed by atoms with van der Waals surface area (Å²) in [5.74, 6) is 0.364. The summed E-state index contributed by atoms with van der Waals surface area (Å²) in [5, 5.41) is 3.90. The Morgan fingerprint density at radius 3 is 2.65 bits per heavy atom. The highest BCUT2D eigenvalue weighted by Crippen LogP contribution is 2.27. The first kappa shape index (κ1) is 13.6. The smallest absolute Gasteiger partial charge is 0.317 e. The van der Waals surface area contributed by atoms with E-state index >= 15 is 0 Å². The molecule has 5 nitrogen and oxygen atoms in total. The molecule has 0 amide bonds. The van der Waals surface area contributed by atoms with E-state index in [0.29, 0.717) is 16.1 Å². The predicted molar refractivity (Wildman–Crippen MR) is 81.9 cm³/mol. The monoisotopic (exact) mass is 293 g/mol. The Morgan fingerprint density at radius 1 is 1.30 bits per heavy atom. The van der Waals surface area contributed by atoms with Crippen LogP contribution in [0.1, 0.15) is 43.5 Å². The second kappa shape index (κ2) is 5.18. The van der Waals surface area contributed by atoms with Crippen LogP contribution in [0.25, 0.3) is 10.2 Å². The third-order valence-electron chi connectivity index (χ3n) is 3.88. The van der Waals surface area contributed by atoms with Crippen LogP contribution in [0.3, 0.4) is 0 Å². The molecule has 108 valence electrons. The number of fused-ring (bicyclic) bond motifs is 1. The van der Waals surface area contributed by atoms with Crippen LogP contribution in [-0.2, 0) is 0 Å². The zero-order valence-electron chi connectivity index (χ0n) is 11.7. The minimum atomic E-state index is -0.272. The summed E-state index contributed by atoms with van der Waals surface area (Å²) in [4.78, 5) is 29.6. The van der Waals surface area contributed by atoms with Crippen molar-refractivity contribution in [2.75, 3.05) is 13.1 Å². The molecule has 0 radical (unpaired) electrons. The van der Waals surface area contributed by atoms with E-state index in [1.165, 1.54) is 15.9 Å². The molecule has 1 aliphatic heterocycles. The van der Waals surface area contributed by atoms with Crippen molar-refractivity contribution < 1.29 is 0 Å². The number of aromatic nitrogens is 2. The first-order chi connectivity index (χ1) is 9.58. The lowest BCUT2D eigenvalue weighted by atomic mass is 10.1. The Balaban J connectivity index is 2.17. The molecule has 1 saturated heterocycles. The summed E-state index contributed by atoms with van der Waals surface area (Å²) in [7, 11) is 0. The number of nitrogens with one attached hydrogen (secondary N) is 2. The lowest BCUT2D eigenvalue weighted by Crippen LogP contribution is -2.41. The number of thiophene rings is 1. The Morgan fingerprint density at radius 2 is 2.00 bits per heavy atom. The third-order valence-corrected chi connectivity index (χ3v) is 5.23. The van der Waals surface area contributed by atoms with Gasteiger partial charge in [0.15, 0.2) is 0 Å². The van der Waals surface area contributed by atoms with Crippen LogP contribution < -0.4 is 16.6 Å². The summed E-state index contributed by atoms with van der Waals surface area (Å²) in [6.45, 7) is 5.90. The van der Waals surface area contributed by atoms with Crippen molar-refractivity contribution in [1.29, 1.82) is 0 Å². The van der Waals surface area contributed by atoms with Crippen molar-refractivity contribution >= 4 is 21.6 Å². The van der Waals surface area contributed by atoms with Crippen LogP contribution >= 0.6 is 11.3 Å². The molecular formula is C14H19N3O2S. The Bertz CT molecular complexity index is 735. The normalized spacial score (nSPS) is 17.1. The topological polar surface area (TPSA) is 66.9 Å². The Kier molecular flexibility index (Phi) is 3.52. The number of hydrogen-bond donors (Lipinski definition) is 2. The van der Waals surface area contributed by atoms with Gasteiger partial charge in [-0.3, -0.25) is 14.3 Å². The highest BCUT2D eigenvalue weighted by atomic mass is 32.1. The van der Waals surface area contributed by atoms with Crippen LogP contribution in [-0.4, -0.2) is 22.6 Å². The molecule has 0 unspecified atom stereocenters. The molecule has 2 aromatic rings. The molecule has 1 fully saturated rings. The Hall–Kier alpha value is -1.40. The lowest BCUT2D eigenvalue weighted by molar-refractivity contribution is 0.352. The van der Waals surface area contributed by atoms with Gasteiger partial charge in [0.1, 0.15) is 4.83 Å². The van der Waals surface area contributed by atoms with E-state index in [0.717, 1.165) is 30.8 Å². The molecule has 2 N–H and O–H groups in total. The summed E-state index contributed by atoms with van der Waals surface area (Å²) < 4.78 is 1.42. The maximum atomic E-state index is 12.6. The van der Waals surface area contributed by atoms with Gasteiger partial charge < -0.3 is 5.32 Å². The average Bonchev–Trinajstić information content (AvgIpc) is 2.84. The molecule has 0 bridgehead atoms. The number of hydrogen-bond acceptors (Lipinski definition) is 4. The maximum absolute atomic E-state index is 12.6. The molecule has 1 aliphatic rings. The predicted octanol–water partition coefficient (Wildman–Crippen LogP) is 1.80. The summed E-state index contributed by atoms with van der Waals surface area (Å²) in [5.41, 5.74) is -0.412. The maximum Gasteiger partial charge on any atom is 0.329 e. The molecule has 20 heavy (non-hydrogen) atoms. The number of aromatic amines is 1. The number of piperidine rings is 1. The fourth-order valence-electron chi connectivity index (χ4n) is 2.72. The van der Waals surface area contributed by atoms with Crippen molar-refractivity contribution in [1.82, 2.24) is 14.9 Å². The van der Waals surface area contributed by atoms with Gasteiger partial charge in [-0.05, 0) is 37.9 Å². The zero-order chi connectivity index (χ0) is 14.3. The molecule has 0 saturated carbocycles. The average molecular weight is 293 g/mol. The minimum absolute atomic E-state index is 0.0132. The first-order valence-corrected chi connectivity index (χ1v) is 7.88. The molecule has 2 aromatic heterocycles. The van der Waals surface area contributed by atoms with Crippen LogP contribution in [0.2, 0.25) is 0 Å². The van der Waals surface area contributed by atoms with E-state index in [4.69, 9.17) is 0 Å². The highest BCUT2D eigenvalue weighted by Gasteiger charge is 2.21. The summed E-state index contributed by atoms with van der Waals surface area (Å²) in [6.07, 6.45) is 1.66. The van der Waals surface area contributed by atoms with Gasteiger partial charge in [0.25, 0.3) is 5.56 Å². The number of H-pyrrole nitrogens is 1. The Labute approximate surface area is 120 Å². The third kappa shape index (κ3) is 2.23. The van der Waals surface area contributed by atoms with Crippen LogP contribution in [0.5, 0.6) is 0 Å². The van der Waals surface area contributed by atoms with E-state index in [-0.39, 0.29) is 17.3 Å². The minimum Gasteiger partial charge on any atom is -0.317 e. The van der Waals surface area contributed by atoms with E-state index in [1.54, 1.807) is 0 Å². The number of rotatable bonds is 2. The van der Waals surface area contributed by atoms with Gasteiger partial charge in [-0.2, -0.15) is 0 Å². The molecular weight excluding hydrogens is 274 g/mol. The quantitative estimate of drug-likeness (QED) is 0.887. The van der Waals surface area contributed by atoms with Crippen LogP contribution in [0.4, 0.5) is 0 Å². The van der Waals surface area contributed by atoms with Crippen molar-refractivity contribution in [2.24, 2.45) is 0 Å². The van der Waals surface area contributed by atoms with Gasteiger partial charge in [0, 0.05) is 10.9 Å². The first-order valence-electron chi connectivity index (χ1n) is 7.07. The van der Waals surface area contributed by atoms with E-state index in [1.807, 2.05) is 6.07 Å². The molecule has 3 heterocycles. The SMILES string of the molecule is CC(C)c1cc2c(=O)n(C3CCNCC3)c(=O)[nH]c2s1. The summed E-state index contributed by atoms with van der Waals surface area (Å²) >= 11 is 1.51. The van der Waals surface area contributed by atoms with Crippen LogP contribution in [0.15, 0.2) is 15.7 Å². The largest absolute Gasteiger partial charge is 0.329 e. The molecule has 0 aromatic carbocycles. The van der Waals surface area contributed by atoms with E-state index < -0.39 is 0 Å². The van der Waals surface area contributed by atoms with Crippen molar-refractivity contribution in [3.63, 3.8) is 0 Å². The molecule has 0 aliphatic carbocycles. The number of nitrogens with zero attached hydrogens (tertiary/aromatic N) is 1. The lowest BCUT2D eigenvalue weighted by Gasteiger charge is -2.23. The van der Waals surface area contributed by atoms with Gasteiger partial charge in [0.2, 0.25) is 0 Å². The summed E-state index contributed by atoms with van der Waals surface area (Å²) in [6, 6.07) is 1.94. The van der Waals surface area contributed by atoms with Gasteiger partial charge in [0.05, 0.1) is 5.39 Å². The fourth-order valence-corrected chi connectivity index (χ4v) is 3.76. The molecule has 3 rings (SSSR count). The van der Waals surface area contributed by atoms with Gasteiger partial charge in [-0.15, -0.1) is 11.3 Å². The van der Waals surface area contributed by atoms with Gasteiger partial charge in [-0.25, -0.2) is 4.79 Å². The molecule has 0 spiro atoms. The van der Waals surface area contributed by atoms with Crippen molar-refractivity contribution in [3.05, 3.63) is 31.8 Å².